The Morgan fingerprint density at radius 3 is 2.05 bits per heavy atom. The van der Waals surface area contributed by atoms with Crippen LogP contribution in [0.4, 0.5) is 9.59 Å². The molecule has 3 N–H and O–H groups in total. The molecular formula is C12H20N2O6. The summed E-state index contributed by atoms with van der Waals surface area (Å²) in [5.41, 5.74) is -0.577. The summed E-state index contributed by atoms with van der Waals surface area (Å²) in [5.74, 6) is 0. The molecule has 8 nitrogen and oxygen atoms in total. The highest BCUT2D eigenvalue weighted by molar-refractivity contribution is 5.68. The second kappa shape index (κ2) is 5.45. The molecule has 0 aromatic carbocycles. The minimum Gasteiger partial charge on any atom is -0.465 e. The number of amides is 2. The summed E-state index contributed by atoms with van der Waals surface area (Å²) in [6, 6.07) is -0.751. The topological polar surface area (TPSA) is 106 Å². The summed E-state index contributed by atoms with van der Waals surface area (Å²) < 4.78 is 16.2. The van der Waals surface area contributed by atoms with Crippen molar-refractivity contribution in [3.63, 3.8) is 0 Å². The van der Waals surface area contributed by atoms with Crippen molar-refractivity contribution in [1.82, 2.24) is 10.6 Å². The number of ether oxygens (including phenoxy) is 3. The van der Waals surface area contributed by atoms with Gasteiger partial charge in [0.05, 0.1) is 25.3 Å². The molecule has 4 atom stereocenters. The quantitative estimate of drug-likeness (QED) is 0.675. The first-order valence-corrected chi connectivity index (χ1v) is 6.48. The van der Waals surface area contributed by atoms with Crippen LogP contribution in [0.1, 0.15) is 20.8 Å². The van der Waals surface area contributed by atoms with Crippen LogP contribution in [-0.2, 0) is 14.2 Å². The molecule has 2 fully saturated rings. The lowest BCUT2D eigenvalue weighted by molar-refractivity contribution is 0.0406. The fourth-order valence-corrected chi connectivity index (χ4v) is 2.36. The number of fused-ring (bicyclic) bond motifs is 1. The van der Waals surface area contributed by atoms with E-state index in [0.717, 1.165) is 0 Å². The average molecular weight is 288 g/mol. The average Bonchev–Trinajstić information content (AvgIpc) is 2.80. The number of rotatable bonds is 2. The third-order valence-electron chi connectivity index (χ3n) is 3.06. The van der Waals surface area contributed by atoms with E-state index in [2.05, 4.69) is 10.6 Å². The van der Waals surface area contributed by atoms with Crippen LogP contribution in [0.3, 0.4) is 0 Å². The lowest BCUT2D eigenvalue weighted by Gasteiger charge is -2.23. The first kappa shape index (κ1) is 14.9. The Bertz CT molecular complexity index is 394. The van der Waals surface area contributed by atoms with Crippen molar-refractivity contribution in [2.45, 2.75) is 50.7 Å². The van der Waals surface area contributed by atoms with E-state index in [1.807, 2.05) is 0 Å². The first-order valence-electron chi connectivity index (χ1n) is 6.48. The Labute approximate surface area is 116 Å². The maximum atomic E-state index is 11.7. The minimum absolute atomic E-state index is 0.230. The van der Waals surface area contributed by atoms with Gasteiger partial charge in [0.2, 0.25) is 0 Å². The molecule has 2 aliphatic rings. The van der Waals surface area contributed by atoms with E-state index >= 15 is 0 Å². The lowest BCUT2D eigenvalue weighted by Crippen LogP contribution is -2.47. The second-order valence-corrected chi connectivity index (χ2v) is 5.90. The number of carbonyl (C=O) groups excluding carboxylic acids is 1. The van der Waals surface area contributed by atoms with Gasteiger partial charge < -0.3 is 30.0 Å². The van der Waals surface area contributed by atoms with Crippen molar-refractivity contribution < 1.29 is 28.9 Å². The zero-order valence-corrected chi connectivity index (χ0v) is 11.7. The Morgan fingerprint density at radius 1 is 1.10 bits per heavy atom. The Kier molecular flexibility index (Phi) is 4.05. The number of nitrogens with one attached hydrogen (secondary N) is 2. The van der Waals surface area contributed by atoms with Gasteiger partial charge >= 0.3 is 12.2 Å². The second-order valence-electron chi connectivity index (χ2n) is 5.90. The van der Waals surface area contributed by atoms with Crippen molar-refractivity contribution in [1.29, 1.82) is 0 Å². The molecule has 114 valence electrons. The van der Waals surface area contributed by atoms with Gasteiger partial charge in [-0.15, -0.1) is 0 Å². The molecule has 2 heterocycles. The zero-order chi connectivity index (χ0) is 14.9. The predicted octanol–water partition coefficient (Wildman–Crippen LogP) is 0.314. The van der Waals surface area contributed by atoms with Gasteiger partial charge in [-0.05, 0) is 20.8 Å². The van der Waals surface area contributed by atoms with Gasteiger partial charge in [0.1, 0.15) is 17.8 Å². The van der Waals surface area contributed by atoms with Crippen molar-refractivity contribution in [3.8, 4) is 0 Å². The van der Waals surface area contributed by atoms with E-state index in [0.29, 0.717) is 0 Å². The van der Waals surface area contributed by atoms with Crippen LogP contribution in [0, 0.1) is 0 Å². The van der Waals surface area contributed by atoms with Gasteiger partial charge in [-0.3, -0.25) is 0 Å². The van der Waals surface area contributed by atoms with Crippen LogP contribution in [0.25, 0.3) is 0 Å². The molecule has 0 radical (unpaired) electrons. The number of carboxylic acid groups (broad SMARTS) is 1. The van der Waals surface area contributed by atoms with Gasteiger partial charge in [0.25, 0.3) is 0 Å². The predicted molar refractivity (Wildman–Crippen MR) is 67.6 cm³/mol. The van der Waals surface area contributed by atoms with E-state index in [-0.39, 0.29) is 31.5 Å². The summed E-state index contributed by atoms with van der Waals surface area (Å²) in [7, 11) is 0. The summed E-state index contributed by atoms with van der Waals surface area (Å²) in [4.78, 5) is 22.4. The minimum atomic E-state index is -1.12. The van der Waals surface area contributed by atoms with Crippen molar-refractivity contribution in [2.75, 3.05) is 13.2 Å². The van der Waals surface area contributed by atoms with Gasteiger partial charge in [-0.1, -0.05) is 0 Å². The molecule has 0 bridgehead atoms. The molecule has 8 heteroatoms. The third-order valence-corrected chi connectivity index (χ3v) is 3.06. The molecule has 2 rings (SSSR count). The summed E-state index contributed by atoms with van der Waals surface area (Å²) in [6.07, 6.45) is -2.40. The molecule has 2 amide bonds. The van der Waals surface area contributed by atoms with E-state index < -0.39 is 23.8 Å². The first-order chi connectivity index (χ1) is 9.26. The maximum absolute atomic E-state index is 11.7. The molecule has 0 aliphatic carbocycles. The summed E-state index contributed by atoms with van der Waals surface area (Å²) in [6.45, 7) is 5.83. The maximum Gasteiger partial charge on any atom is 0.408 e. The van der Waals surface area contributed by atoms with Crippen LogP contribution in [0.5, 0.6) is 0 Å². The molecule has 0 aromatic rings. The number of carbonyl (C=O) groups is 2. The SMILES string of the molecule is CC(C)(C)OC(=O)N[C@H]1CO[C@H]2[C@@H]1OC[C@@H]2NC(=O)O. The smallest absolute Gasteiger partial charge is 0.408 e. The van der Waals surface area contributed by atoms with Crippen LogP contribution in [-0.4, -0.2) is 60.4 Å². The Balaban J connectivity index is 1.88. The third kappa shape index (κ3) is 3.51. The highest BCUT2D eigenvalue weighted by Crippen LogP contribution is 2.27. The van der Waals surface area contributed by atoms with Crippen molar-refractivity contribution in [3.05, 3.63) is 0 Å². The number of alkyl carbamates (subject to hydrolysis) is 1. The van der Waals surface area contributed by atoms with E-state index in [1.165, 1.54) is 0 Å². The van der Waals surface area contributed by atoms with Gasteiger partial charge in [0.15, 0.2) is 0 Å². The summed E-state index contributed by atoms with van der Waals surface area (Å²) >= 11 is 0. The van der Waals surface area contributed by atoms with Gasteiger partial charge in [-0.2, -0.15) is 0 Å². The monoisotopic (exact) mass is 288 g/mol. The molecule has 20 heavy (non-hydrogen) atoms. The van der Waals surface area contributed by atoms with Crippen molar-refractivity contribution >= 4 is 12.2 Å². The summed E-state index contributed by atoms with van der Waals surface area (Å²) in [5, 5.41) is 13.8. The molecule has 0 saturated carbocycles. The fraction of sp³-hybridized carbons (Fsp3) is 0.833. The van der Waals surface area contributed by atoms with Gasteiger partial charge in [0, 0.05) is 0 Å². The van der Waals surface area contributed by atoms with E-state index in [9.17, 15) is 9.59 Å². The van der Waals surface area contributed by atoms with Crippen LogP contribution >= 0.6 is 0 Å². The Hall–Kier alpha value is -1.54. The van der Waals surface area contributed by atoms with E-state index in [4.69, 9.17) is 19.3 Å². The lowest BCUT2D eigenvalue weighted by atomic mass is 10.1. The van der Waals surface area contributed by atoms with Crippen LogP contribution < -0.4 is 10.6 Å². The normalized spacial score (nSPS) is 32.5. The molecule has 0 unspecified atom stereocenters. The standard InChI is InChI=1S/C12H20N2O6/c1-12(2,3)20-11(17)14-7-5-19-8-6(13-10(15)16)4-18-9(7)8/h6-9,13H,4-5H2,1-3H3,(H,14,17)(H,15,16)/t6-,7-,8+,9+/m0/s1. The highest BCUT2D eigenvalue weighted by atomic mass is 16.6. The van der Waals surface area contributed by atoms with E-state index in [1.54, 1.807) is 20.8 Å². The van der Waals surface area contributed by atoms with Crippen LogP contribution in [0.15, 0.2) is 0 Å². The van der Waals surface area contributed by atoms with Crippen molar-refractivity contribution in [2.24, 2.45) is 0 Å². The molecule has 0 aromatic heterocycles. The molecule has 2 saturated heterocycles. The Morgan fingerprint density at radius 2 is 1.60 bits per heavy atom. The molecule has 0 spiro atoms. The fourth-order valence-electron chi connectivity index (χ4n) is 2.36. The largest absolute Gasteiger partial charge is 0.465 e. The molecule has 2 aliphatic heterocycles. The van der Waals surface area contributed by atoms with Crippen LogP contribution in [0.2, 0.25) is 0 Å². The zero-order valence-electron chi connectivity index (χ0n) is 11.7. The van der Waals surface area contributed by atoms with Gasteiger partial charge in [-0.25, -0.2) is 9.59 Å². The number of hydrogen-bond donors (Lipinski definition) is 3. The number of hydrogen-bond acceptors (Lipinski definition) is 5. The molecular weight excluding hydrogens is 268 g/mol. The highest BCUT2D eigenvalue weighted by Gasteiger charge is 2.49.